The van der Waals surface area contributed by atoms with E-state index in [1.807, 2.05) is 19.1 Å². The summed E-state index contributed by atoms with van der Waals surface area (Å²) in [6.07, 6.45) is 1.74. The molecule has 1 atom stereocenters. The van der Waals surface area contributed by atoms with Crippen LogP contribution in [0.3, 0.4) is 0 Å². The minimum Gasteiger partial charge on any atom is -0.346 e. The van der Waals surface area contributed by atoms with Gasteiger partial charge in [0.2, 0.25) is 5.91 Å². The number of rotatable bonds is 4. The van der Waals surface area contributed by atoms with E-state index in [2.05, 4.69) is 24.1 Å². The molecule has 1 unspecified atom stereocenters. The number of halogens is 2. The standard InChI is InChI=1S/C12H19N3O.2ClH/c1-8(2)11(15-10(16)7-13)12-9(3)5-4-6-14-12;;/h4-6,8,11H,7,13H2,1-3H3,(H,15,16);2*1H. The molecule has 1 aromatic heterocycles. The summed E-state index contributed by atoms with van der Waals surface area (Å²) in [7, 11) is 0. The van der Waals surface area contributed by atoms with E-state index in [0.29, 0.717) is 0 Å². The molecule has 0 fully saturated rings. The van der Waals surface area contributed by atoms with Crippen molar-refractivity contribution in [2.45, 2.75) is 26.8 Å². The number of aromatic nitrogens is 1. The smallest absolute Gasteiger partial charge is 0.234 e. The Kier molecular flexibility index (Phi) is 9.90. The van der Waals surface area contributed by atoms with Crippen molar-refractivity contribution >= 4 is 30.7 Å². The van der Waals surface area contributed by atoms with Crippen LogP contribution in [0, 0.1) is 12.8 Å². The van der Waals surface area contributed by atoms with Crippen LogP contribution in [0.5, 0.6) is 0 Å². The summed E-state index contributed by atoms with van der Waals surface area (Å²) < 4.78 is 0. The molecule has 104 valence electrons. The predicted molar refractivity (Wildman–Crippen MR) is 78.2 cm³/mol. The summed E-state index contributed by atoms with van der Waals surface area (Å²) in [4.78, 5) is 15.7. The lowest BCUT2D eigenvalue weighted by molar-refractivity contribution is -0.120. The number of carbonyl (C=O) groups is 1. The Labute approximate surface area is 121 Å². The fourth-order valence-electron chi connectivity index (χ4n) is 1.61. The molecule has 3 N–H and O–H groups in total. The van der Waals surface area contributed by atoms with Crippen LogP contribution in [0.15, 0.2) is 18.3 Å². The first-order valence-electron chi connectivity index (χ1n) is 5.47. The van der Waals surface area contributed by atoms with Crippen molar-refractivity contribution in [1.82, 2.24) is 10.3 Å². The Morgan fingerprint density at radius 2 is 2.06 bits per heavy atom. The Balaban J connectivity index is 0. The second kappa shape index (κ2) is 9.14. The maximum Gasteiger partial charge on any atom is 0.234 e. The van der Waals surface area contributed by atoms with Gasteiger partial charge in [-0.3, -0.25) is 9.78 Å². The molecule has 1 heterocycles. The molecule has 1 aromatic rings. The van der Waals surface area contributed by atoms with Crippen LogP contribution in [0.4, 0.5) is 0 Å². The third-order valence-electron chi connectivity index (χ3n) is 2.51. The minimum atomic E-state index is -0.149. The number of carbonyl (C=O) groups excluding carboxylic acids is 1. The number of hydrogen-bond donors (Lipinski definition) is 2. The Morgan fingerprint density at radius 1 is 1.44 bits per heavy atom. The monoisotopic (exact) mass is 293 g/mol. The highest BCUT2D eigenvalue weighted by molar-refractivity contribution is 5.85. The number of nitrogens with zero attached hydrogens (tertiary/aromatic N) is 1. The van der Waals surface area contributed by atoms with Crippen LogP contribution in [0.2, 0.25) is 0 Å². The largest absolute Gasteiger partial charge is 0.346 e. The van der Waals surface area contributed by atoms with E-state index in [9.17, 15) is 4.79 Å². The average Bonchev–Trinajstić information content (AvgIpc) is 2.26. The Morgan fingerprint density at radius 3 is 2.50 bits per heavy atom. The molecule has 0 aliphatic rings. The van der Waals surface area contributed by atoms with Crippen molar-refractivity contribution < 1.29 is 4.79 Å². The SMILES string of the molecule is Cc1cccnc1C(NC(=O)CN)C(C)C.Cl.Cl. The van der Waals surface area contributed by atoms with Crippen molar-refractivity contribution in [2.75, 3.05) is 6.54 Å². The van der Waals surface area contributed by atoms with Crippen molar-refractivity contribution in [3.63, 3.8) is 0 Å². The molecule has 1 rings (SSSR count). The van der Waals surface area contributed by atoms with Crippen molar-refractivity contribution in [3.05, 3.63) is 29.6 Å². The zero-order chi connectivity index (χ0) is 12.1. The van der Waals surface area contributed by atoms with Crippen LogP contribution in [-0.2, 0) is 4.79 Å². The first-order chi connectivity index (χ1) is 7.56. The van der Waals surface area contributed by atoms with Gasteiger partial charge in [0, 0.05) is 6.20 Å². The van der Waals surface area contributed by atoms with Gasteiger partial charge in [-0.25, -0.2) is 0 Å². The number of nitrogens with two attached hydrogens (primary N) is 1. The maximum absolute atomic E-state index is 11.3. The molecule has 0 radical (unpaired) electrons. The number of nitrogens with one attached hydrogen (secondary N) is 1. The number of pyridine rings is 1. The highest BCUT2D eigenvalue weighted by Gasteiger charge is 2.20. The first-order valence-corrected chi connectivity index (χ1v) is 5.47. The van der Waals surface area contributed by atoms with Crippen LogP contribution in [0.1, 0.15) is 31.1 Å². The van der Waals surface area contributed by atoms with Gasteiger partial charge in [-0.15, -0.1) is 24.8 Å². The summed E-state index contributed by atoms with van der Waals surface area (Å²) in [5, 5.41) is 2.90. The number of amides is 1. The van der Waals surface area contributed by atoms with Crippen LogP contribution >= 0.6 is 24.8 Å². The molecule has 0 aliphatic carbocycles. The summed E-state index contributed by atoms with van der Waals surface area (Å²) in [6.45, 7) is 6.10. The molecule has 0 spiro atoms. The number of hydrogen-bond acceptors (Lipinski definition) is 3. The van der Waals surface area contributed by atoms with Gasteiger partial charge in [0.15, 0.2) is 0 Å². The summed E-state index contributed by atoms with van der Waals surface area (Å²) in [5.74, 6) is 0.132. The average molecular weight is 294 g/mol. The zero-order valence-electron chi connectivity index (χ0n) is 10.8. The third-order valence-corrected chi connectivity index (χ3v) is 2.51. The van der Waals surface area contributed by atoms with E-state index in [-0.39, 0.29) is 49.2 Å². The van der Waals surface area contributed by atoms with Crippen LogP contribution < -0.4 is 11.1 Å². The van der Waals surface area contributed by atoms with Crippen molar-refractivity contribution in [2.24, 2.45) is 11.7 Å². The van der Waals surface area contributed by atoms with E-state index in [1.54, 1.807) is 6.20 Å². The molecule has 0 bridgehead atoms. The third kappa shape index (κ3) is 5.21. The highest BCUT2D eigenvalue weighted by Crippen LogP contribution is 2.22. The molecule has 1 amide bonds. The van der Waals surface area contributed by atoms with E-state index in [4.69, 9.17) is 5.73 Å². The molecular weight excluding hydrogens is 273 g/mol. The summed E-state index contributed by atoms with van der Waals surface area (Å²) in [6, 6.07) is 3.81. The molecule has 0 saturated heterocycles. The van der Waals surface area contributed by atoms with Gasteiger partial charge in [-0.2, -0.15) is 0 Å². The lowest BCUT2D eigenvalue weighted by Crippen LogP contribution is -2.36. The highest BCUT2D eigenvalue weighted by atomic mass is 35.5. The quantitative estimate of drug-likeness (QED) is 0.892. The van der Waals surface area contributed by atoms with Gasteiger partial charge in [-0.1, -0.05) is 19.9 Å². The van der Waals surface area contributed by atoms with E-state index < -0.39 is 0 Å². The predicted octanol–water partition coefficient (Wildman–Crippen LogP) is 2.01. The normalized spacial score (nSPS) is 11.2. The fraction of sp³-hybridized carbons (Fsp3) is 0.500. The van der Waals surface area contributed by atoms with Crippen molar-refractivity contribution in [1.29, 1.82) is 0 Å². The van der Waals surface area contributed by atoms with Crippen LogP contribution in [0.25, 0.3) is 0 Å². The zero-order valence-corrected chi connectivity index (χ0v) is 12.5. The Hall–Kier alpha value is -0.840. The maximum atomic E-state index is 11.3. The topological polar surface area (TPSA) is 68.0 Å². The van der Waals surface area contributed by atoms with E-state index in [1.165, 1.54) is 0 Å². The summed E-state index contributed by atoms with van der Waals surface area (Å²) in [5.41, 5.74) is 7.30. The van der Waals surface area contributed by atoms with Crippen LogP contribution in [-0.4, -0.2) is 17.4 Å². The second-order valence-electron chi connectivity index (χ2n) is 4.20. The van der Waals surface area contributed by atoms with Gasteiger partial charge in [0.05, 0.1) is 18.3 Å². The number of aryl methyl sites for hydroxylation is 1. The molecule has 0 saturated carbocycles. The molecule has 4 nitrogen and oxygen atoms in total. The van der Waals surface area contributed by atoms with Gasteiger partial charge in [0.25, 0.3) is 0 Å². The fourth-order valence-corrected chi connectivity index (χ4v) is 1.61. The Bertz CT molecular complexity index is 372. The van der Waals surface area contributed by atoms with Gasteiger partial charge in [-0.05, 0) is 24.5 Å². The van der Waals surface area contributed by atoms with Gasteiger partial charge < -0.3 is 11.1 Å². The molecule has 0 aliphatic heterocycles. The van der Waals surface area contributed by atoms with Crippen molar-refractivity contribution in [3.8, 4) is 0 Å². The lowest BCUT2D eigenvalue weighted by atomic mass is 9.97. The van der Waals surface area contributed by atoms with E-state index >= 15 is 0 Å². The molecule has 18 heavy (non-hydrogen) atoms. The molecular formula is C12H21Cl2N3O. The lowest BCUT2D eigenvalue weighted by Gasteiger charge is -2.23. The summed E-state index contributed by atoms with van der Waals surface area (Å²) >= 11 is 0. The van der Waals surface area contributed by atoms with Gasteiger partial charge >= 0.3 is 0 Å². The second-order valence-corrected chi connectivity index (χ2v) is 4.20. The van der Waals surface area contributed by atoms with E-state index in [0.717, 1.165) is 11.3 Å². The first kappa shape index (κ1) is 19.5. The van der Waals surface area contributed by atoms with Gasteiger partial charge in [0.1, 0.15) is 0 Å². The minimum absolute atomic E-state index is 0. The molecule has 0 aromatic carbocycles. The molecule has 6 heteroatoms.